The number of rotatable bonds is 6. The Morgan fingerprint density at radius 1 is 0.905 bits per heavy atom. The van der Waals surface area contributed by atoms with E-state index in [1.807, 2.05) is 0 Å². The standard InChI is InChI=1S/C18H35N3/c1-3-9-19-17-8-5-15(4-2)14-18(17)21-12-10-20(11-13-21)16-6-7-16/h15-19H,3-14H2,1-2H3. The molecule has 21 heavy (non-hydrogen) atoms. The highest BCUT2D eigenvalue weighted by molar-refractivity contribution is 4.94. The van der Waals surface area contributed by atoms with Crippen molar-refractivity contribution in [3.8, 4) is 0 Å². The summed E-state index contributed by atoms with van der Waals surface area (Å²) < 4.78 is 0. The summed E-state index contributed by atoms with van der Waals surface area (Å²) in [6, 6.07) is 2.51. The van der Waals surface area contributed by atoms with Crippen LogP contribution in [0.1, 0.15) is 58.8 Å². The van der Waals surface area contributed by atoms with Gasteiger partial charge in [-0.15, -0.1) is 0 Å². The topological polar surface area (TPSA) is 18.5 Å². The first-order valence-electron chi connectivity index (χ1n) is 9.53. The maximum Gasteiger partial charge on any atom is 0.0253 e. The van der Waals surface area contributed by atoms with Gasteiger partial charge in [0.2, 0.25) is 0 Å². The lowest BCUT2D eigenvalue weighted by Crippen LogP contribution is -2.58. The molecule has 0 aromatic rings. The average Bonchev–Trinajstić information content (AvgIpc) is 3.38. The third-order valence-electron chi connectivity index (χ3n) is 6.04. The predicted octanol–water partition coefficient (Wildman–Crippen LogP) is 2.71. The first kappa shape index (κ1) is 15.8. The SMILES string of the molecule is CCCNC1CCC(CC)CC1N1CCN(C2CC2)CC1. The van der Waals surface area contributed by atoms with Crippen LogP contribution in [0.2, 0.25) is 0 Å². The summed E-state index contributed by atoms with van der Waals surface area (Å²) in [6.07, 6.45) is 9.82. The second-order valence-electron chi connectivity index (χ2n) is 7.52. The van der Waals surface area contributed by atoms with E-state index < -0.39 is 0 Å². The van der Waals surface area contributed by atoms with Gasteiger partial charge < -0.3 is 5.32 Å². The van der Waals surface area contributed by atoms with E-state index in [9.17, 15) is 0 Å². The van der Waals surface area contributed by atoms with E-state index in [4.69, 9.17) is 0 Å². The third-order valence-corrected chi connectivity index (χ3v) is 6.04. The molecule has 3 rings (SSSR count). The summed E-state index contributed by atoms with van der Waals surface area (Å²) in [5, 5.41) is 3.85. The summed E-state index contributed by atoms with van der Waals surface area (Å²) in [5.41, 5.74) is 0. The fraction of sp³-hybridized carbons (Fsp3) is 1.00. The third kappa shape index (κ3) is 4.00. The van der Waals surface area contributed by atoms with Crippen molar-refractivity contribution in [1.82, 2.24) is 15.1 Å². The van der Waals surface area contributed by atoms with Crippen LogP contribution in [0.5, 0.6) is 0 Å². The number of hydrogen-bond acceptors (Lipinski definition) is 3. The van der Waals surface area contributed by atoms with Gasteiger partial charge in [0.05, 0.1) is 0 Å². The molecule has 3 fully saturated rings. The summed E-state index contributed by atoms with van der Waals surface area (Å²) in [6.45, 7) is 11.1. The van der Waals surface area contributed by atoms with Gasteiger partial charge in [0.25, 0.3) is 0 Å². The van der Waals surface area contributed by atoms with Gasteiger partial charge in [-0.2, -0.15) is 0 Å². The minimum Gasteiger partial charge on any atom is -0.312 e. The van der Waals surface area contributed by atoms with E-state index in [2.05, 4.69) is 29.0 Å². The monoisotopic (exact) mass is 293 g/mol. The maximum atomic E-state index is 3.85. The lowest BCUT2D eigenvalue weighted by molar-refractivity contribution is 0.0446. The Hall–Kier alpha value is -0.120. The van der Waals surface area contributed by atoms with Gasteiger partial charge in [0.15, 0.2) is 0 Å². The minimum absolute atomic E-state index is 0.750. The Morgan fingerprint density at radius 2 is 1.62 bits per heavy atom. The van der Waals surface area contributed by atoms with Crippen molar-refractivity contribution in [2.45, 2.75) is 76.9 Å². The molecule has 0 bridgehead atoms. The van der Waals surface area contributed by atoms with Crippen LogP contribution in [0.4, 0.5) is 0 Å². The fourth-order valence-corrected chi connectivity index (χ4v) is 4.45. The van der Waals surface area contributed by atoms with E-state index in [1.165, 1.54) is 77.7 Å². The van der Waals surface area contributed by atoms with Crippen molar-refractivity contribution < 1.29 is 0 Å². The predicted molar refractivity (Wildman–Crippen MR) is 89.7 cm³/mol. The molecule has 0 spiro atoms. The molecule has 3 atom stereocenters. The van der Waals surface area contributed by atoms with E-state index in [0.29, 0.717) is 0 Å². The molecule has 122 valence electrons. The molecule has 1 aliphatic heterocycles. The van der Waals surface area contributed by atoms with E-state index in [1.54, 1.807) is 0 Å². The first-order valence-corrected chi connectivity index (χ1v) is 9.53. The van der Waals surface area contributed by atoms with Crippen molar-refractivity contribution in [2.24, 2.45) is 5.92 Å². The van der Waals surface area contributed by atoms with Crippen LogP contribution < -0.4 is 5.32 Å². The highest BCUT2D eigenvalue weighted by Crippen LogP contribution is 2.32. The molecule has 3 heteroatoms. The Labute approximate surface area is 131 Å². The van der Waals surface area contributed by atoms with Crippen LogP contribution in [0, 0.1) is 5.92 Å². The molecule has 0 aromatic carbocycles. The first-order chi connectivity index (χ1) is 10.3. The smallest absolute Gasteiger partial charge is 0.0253 e. The molecule has 2 aliphatic carbocycles. The second kappa shape index (κ2) is 7.43. The highest BCUT2D eigenvalue weighted by Gasteiger charge is 2.37. The van der Waals surface area contributed by atoms with Gasteiger partial charge in [-0.05, 0) is 51.0 Å². The molecule has 3 nitrogen and oxygen atoms in total. The number of hydrogen-bond donors (Lipinski definition) is 1. The fourth-order valence-electron chi connectivity index (χ4n) is 4.45. The van der Waals surface area contributed by atoms with Crippen molar-refractivity contribution in [3.63, 3.8) is 0 Å². The zero-order valence-electron chi connectivity index (χ0n) is 14.2. The van der Waals surface area contributed by atoms with Crippen LogP contribution in [-0.4, -0.2) is 60.6 Å². The zero-order valence-corrected chi connectivity index (χ0v) is 14.2. The minimum atomic E-state index is 0.750. The molecule has 1 saturated heterocycles. The molecule has 3 unspecified atom stereocenters. The van der Waals surface area contributed by atoms with Gasteiger partial charge in [0.1, 0.15) is 0 Å². The molecule has 3 aliphatic rings. The van der Waals surface area contributed by atoms with Crippen LogP contribution in [0.3, 0.4) is 0 Å². The van der Waals surface area contributed by atoms with Crippen LogP contribution >= 0.6 is 0 Å². The van der Waals surface area contributed by atoms with Crippen LogP contribution in [0.25, 0.3) is 0 Å². The van der Waals surface area contributed by atoms with Gasteiger partial charge >= 0.3 is 0 Å². The molecule has 2 saturated carbocycles. The molecule has 0 amide bonds. The van der Waals surface area contributed by atoms with Gasteiger partial charge in [-0.3, -0.25) is 9.80 Å². The Balaban J connectivity index is 1.55. The van der Waals surface area contributed by atoms with Gasteiger partial charge in [0, 0.05) is 44.3 Å². The summed E-state index contributed by atoms with van der Waals surface area (Å²) >= 11 is 0. The van der Waals surface area contributed by atoms with E-state index in [0.717, 1.165) is 24.0 Å². The molecular formula is C18H35N3. The second-order valence-corrected chi connectivity index (χ2v) is 7.52. The average molecular weight is 293 g/mol. The largest absolute Gasteiger partial charge is 0.312 e. The number of piperazine rings is 1. The Bertz CT molecular complexity index is 308. The summed E-state index contributed by atoms with van der Waals surface area (Å²) in [7, 11) is 0. The molecule has 0 aromatic heterocycles. The molecule has 0 radical (unpaired) electrons. The van der Waals surface area contributed by atoms with Crippen molar-refractivity contribution in [3.05, 3.63) is 0 Å². The van der Waals surface area contributed by atoms with E-state index >= 15 is 0 Å². The lowest BCUT2D eigenvalue weighted by Gasteiger charge is -2.46. The Kier molecular flexibility index (Phi) is 5.58. The quantitative estimate of drug-likeness (QED) is 0.812. The van der Waals surface area contributed by atoms with Crippen molar-refractivity contribution in [1.29, 1.82) is 0 Å². The zero-order chi connectivity index (χ0) is 14.7. The Morgan fingerprint density at radius 3 is 2.24 bits per heavy atom. The lowest BCUT2D eigenvalue weighted by atomic mass is 9.80. The number of nitrogens with zero attached hydrogens (tertiary/aromatic N) is 2. The molecular weight excluding hydrogens is 258 g/mol. The van der Waals surface area contributed by atoms with Crippen LogP contribution in [0.15, 0.2) is 0 Å². The maximum absolute atomic E-state index is 3.85. The van der Waals surface area contributed by atoms with E-state index in [-0.39, 0.29) is 0 Å². The normalized spacial score (nSPS) is 36.0. The van der Waals surface area contributed by atoms with Crippen molar-refractivity contribution in [2.75, 3.05) is 32.7 Å². The van der Waals surface area contributed by atoms with Gasteiger partial charge in [-0.1, -0.05) is 20.3 Å². The summed E-state index contributed by atoms with van der Waals surface area (Å²) in [5.74, 6) is 0.969. The molecule has 1 N–H and O–H groups in total. The highest BCUT2D eigenvalue weighted by atomic mass is 15.3. The molecule has 1 heterocycles. The van der Waals surface area contributed by atoms with Crippen molar-refractivity contribution >= 4 is 0 Å². The van der Waals surface area contributed by atoms with Gasteiger partial charge in [-0.25, -0.2) is 0 Å². The van der Waals surface area contributed by atoms with Crippen LogP contribution in [-0.2, 0) is 0 Å². The number of nitrogens with one attached hydrogen (secondary N) is 1. The summed E-state index contributed by atoms with van der Waals surface area (Å²) in [4.78, 5) is 5.57.